The first kappa shape index (κ1) is 17.1. The molecule has 0 unspecified atom stereocenters. The van der Waals surface area contributed by atoms with Gasteiger partial charge in [0.1, 0.15) is 5.92 Å². The van der Waals surface area contributed by atoms with Gasteiger partial charge < -0.3 is 0 Å². The number of likely N-dealkylation sites (tertiary alicyclic amines) is 1. The molecule has 0 spiro atoms. The molecule has 0 aliphatic carbocycles. The number of rotatable bonds is 3. The van der Waals surface area contributed by atoms with Crippen molar-refractivity contribution in [2.45, 2.75) is 32.0 Å². The molecule has 2 aliphatic rings. The van der Waals surface area contributed by atoms with Gasteiger partial charge in [-0.25, -0.2) is 5.06 Å². The summed E-state index contributed by atoms with van der Waals surface area (Å²) in [6.45, 7) is 3.68. The molecule has 0 radical (unpaired) electrons. The fourth-order valence-electron chi connectivity index (χ4n) is 3.75. The number of amides is 2. The Morgan fingerprint density at radius 1 is 0.962 bits per heavy atom. The van der Waals surface area contributed by atoms with Crippen LogP contribution >= 0.6 is 11.6 Å². The van der Waals surface area contributed by atoms with E-state index in [0.29, 0.717) is 5.02 Å². The van der Waals surface area contributed by atoms with Gasteiger partial charge in [0.05, 0.1) is 11.7 Å². The molecule has 2 aromatic carbocycles. The highest BCUT2D eigenvalue weighted by molar-refractivity contribution is 6.30. The van der Waals surface area contributed by atoms with Crippen LogP contribution in [0.5, 0.6) is 0 Å². The molecule has 0 saturated carbocycles. The van der Waals surface area contributed by atoms with E-state index in [-0.39, 0.29) is 23.9 Å². The van der Waals surface area contributed by atoms with E-state index in [1.54, 1.807) is 17.2 Å². The van der Waals surface area contributed by atoms with E-state index in [4.69, 9.17) is 16.4 Å². The first-order valence-electron chi connectivity index (χ1n) is 8.62. The molecule has 26 heavy (non-hydrogen) atoms. The van der Waals surface area contributed by atoms with Gasteiger partial charge in [-0.1, -0.05) is 41.9 Å². The van der Waals surface area contributed by atoms with Crippen LogP contribution in [0.2, 0.25) is 5.02 Å². The maximum absolute atomic E-state index is 13.0. The largest absolute Gasteiger partial charge is 0.277 e. The van der Waals surface area contributed by atoms with Crippen LogP contribution in [0.3, 0.4) is 0 Å². The summed E-state index contributed by atoms with van der Waals surface area (Å²) in [7, 11) is 0. The Kier molecular flexibility index (Phi) is 4.21. The van der Waals surface area contributed by atoms with Gasteiger partial charge in [-0.05, 0) is 43.7 Å². The molecule has 134 valence electrons. The van der Waals surface area contributed by atoms with Crippen molar-refractivity contribution in [1.29, 1.82) is 0 Å². The number of imide groups is 1. The Hall–Kier alpha value is -2.37. The average molecular weight is 371 g/mol. The van der Waals surface area contributed by atoms with Crippen LogP contribution in [-0.4, -0.2) is 28.9 Å². The van der Waals surface area contributed by atoms with Crippen molar-refractivity contribution < 1.29 is 14.4 Å². The fourth-order valence-corrected chi connectivity index (χ4v) is 3.87. The van der Waals surface area contributed by atoms with Gasteiger partial charge in [-0.15, -0.1) is 0 Å². The van der Waals surface area contributed by atoms with Gasteiger partial charge >= 0.3 is 0 Å². The zero-order valence-electron chi connectivity index (χ0n) is 14.5. The predicted molar refractivity (Wildman–Crippen MR) is 98.5 cm³/mol. The summed E-state index contributed by atoms with van der Waals surface area (Å²) in [4.78, 5) is 33.2. The van der Waals surface area contributed by atoms with Gasteiger partial charge in [0.15, 0.2) is 6.10 Å². The van der Waals surface area contributed by atoms with Crippen molar-refractivity contribution in [3.05, 3.63) is 65.2 Å². The van der Waals surface area contributed by atoms with Crippen LogP contribution in [0.15, 0.2) is 54.6 Å². The van der Waals surface area contributed by atoms with Crippen LogP contribution in [0.25, 0.3) is 0 Å². The van der Waals surface area contributed by atoms with E-state index >= 15 is 0 Å². The monoisotopic (exact) mass is 370 g/mol. The number of hydrogen-bond acceptors (Lipinski definition) is 4. The summed E-state index contributed by atoms with van der Waals surface area (Å²) in [5.74, 6) is -1.02. The Morgan fingerprint density at radius 3 is 2.23 bits per heavy atom. The summed E-state index contributed by atoms with van der Waals surface area (Å²) in [5, 5.41) is 2.29. The second-order valence-electron chi connectivity index (χ2n) is 6.85. The molecule has 4 rings (SSSR count). The maximum Gasteiger partial charge on any atom is 0.262 e. The molecule has 2 heterocycles. The van der Waals surface area contributed by atoms with Crippen molar-refractivity contribution >= 4 is 29.1 Å². The second kappa shape index (κ2) is 6.41. The van der Waals surface area contributed by atoms with Gasteiger partial charge in [-0.2, -0.15) is 0 Å². The minimum Gasteiger partial charge on any atom is -0.277 e. The fraction of sp³-hybridized carbons (Fsp3) is 0.300. The molecule has 2 amide bonds. The van der Waals surface area contributed by atoms with Crippen LogP contribution in [0.1, 0.15) is 25.5 Å². The highest BCUT2D eigenvalue weighted by Gasteiger charge is 2.60. The first-order valence-corrected chi connectivity index (χ1v) is 9.00. The molecule has 0 N–H and O–H groups in total. The van der Waals surface area contributed by atoms with E-state index in [1.807, 2.05) is 56.3 Å². The van der Waals surface area contributed by atoms with E-state index in [1.165, 1.54) is 4.90 Å². The van der Waals surface area contributed by atoms with Gasteiger partial charge in [0, 0.05) is 11.1 Å². The first-order chi connectivity index (χ1) is 12.5. The molecule has 2 aliphatic heterocycles. The number of carbonyl (C=O) groups excluding carboxylic acids is 2. The minimum atomic E-state index is -0.800. The third-order valence-corrected chi connectivity index (χ3v) is 5.14. The molecule has 6 heteroatoms. The lowest BCUT2D eigenvalue weighted by atomic mass is 9.90. The van der Waals surface area contributed by atoms with Crippen molar-refractivity contribution in [2.24, 2.45) is 5.92 Å². The molecule has 0 aromatic heterocycles. The Labute approximate surface area is 157 Å². The number of nitrogens with zero attached hydrogens (tertiary/aromatic N) is 2. The number of hydroxylamine groups is 1. The summed E-state index contributed by atoms with van der Waals surface area (Å²) in [6.07, 6.45) is -0.800. The molecular formula is C20H19ClN2O3. The van der Waals surface area contributed by atoms with Crippen molar-refractivity contribution in [3.8, 4) is 0 Å². The van der Waals surface area contributed by atoms with Gasteiger partial charge in [0.25, 0.3) is 5.91 Å². The number of fused-ring (bicyclic) bond motifs is 1. The third kappa shape index (κ3) is 2.59. The molecule has 2 fully saturated rings. The zero-order chi connectivity index (χ0) is 18.4. The summed E-state index contributed by atoms with van der Waals surface area (Å²) in [6, 6.07) is 16.3. The maximum atomic E-state index is 13.0. The van der Waals surface area contributed by atoms with Crippen molar-refractivity contribution in [1.82, 2.24) is 4.90 Å². The summed E-state index contributed by atoms with van der Waals surface area (Å²) >= 11 is 5.99. The normalized spacial score (nSPS) is 25.3. The highest BCUT2D eigenvalue weighted by Crippen LogP contribution is 2.47. The third-order valence-electron chi connectivity index (χ3n) is 4.89. The SMILES string of the molecule is CC(C)N1C(=O)[C@@H]2[C@H](ON(c3ccc(Cl)cc3)[C@H]2c2ccccc2)C1=O. The average Bonchev–Trinajstić information content (AvgIpc) is 3.13. The lowest BCUT2D eigenvalue weighted by molar-refractivity contribution is -0.145. The lowest BCUT2D eigenvalue weighted by Crippen LogP contribution is -2.41. The van der Waals surface area contributed by atoms with E-state index in [2.05, 4.69) is 0 Å². The quantitative estimate of drug-likeness (QED) is 0.775. The van der Waals surface area contributed by atoms with E-state index < -0.39 is 12.0 Å². The van der Waals surface area contributed by atoms with Gasteiger partial charge in [0.2, 0.25) is 5.91 Å². The van der Waals surface area contributed by atoms with Crippen molar-refractivity contribution in [3.63, 3.8) is 0 Å². The molecular weight excluding hydrogens is 352 g/mol. The Morgan fingerprint density at radius 2 is 1.62 bits per heavy atom. The number of benzene rings is 2. The second-order valence-corrected chi connectivity index (χ2v) is 7.29. The van der Waals surface area contributed by atoms with Gasteiger partial charge in [-0.3, -0.25) is 19.3 Å². The number of hydrogen-bond donors (Lipinski definition) is 0. The molecule has 2 aromatic rings. The zero-order valence-corrected chi connectivity index (χ0v) is 15.3. The summed E-state index contributed by atoms with van der Waals surface area (Å²) in [5.41, 5.74) is 1.69. The summed E-state index contributed by atoms with van der Waals surface area (Å²) < 4.78 is 0. The molecule has 3 atom stereocenters. The van der Waals surface area contributed by atoms with Crippen LogP contribution in [-0.2, 0) is 14.4 Å². The topological polar surface area (TPSA) is 49.9 Å². The van der Waals surface area contributed by atoms with Crippen LogP contribution < -0.4 is 5.06 Å². The standard InChI is InChI=1S/C20H19ClN2O3/c1-12(2)22-19(24)16-17(13-6-4-3-5-7-13)23(26-18(16)20(22)25)15-10-8-14(21)9-11-15/h3-12,16-18H,1-2H3/t16-,17-,18-/m0/s1. The van der Waals surface area contributed by atoms with E-state index in [9.17, 15) is 9.59 Å². The molecule has 2 saturated heterocycles. The van der Waals surface area contributed by atoms with Crippen molar-refractivity contribution in [2.75, 3.05) is 5.06 Å². The predicted octanol–water partition coefficient (Wildman–Crippen LogP) is 3.59. The molecule has 0 bridgehead atoms. The van der Waals surface area contributed by atoms with Crippen LogP contribution in [0.4, 0.5) is 5.69 Å². The van der Waals surface area contributed by atoms with E-state index in [0.717, 1.165) is 11.3 Å². The molecule has 5 nitrogen and oxygen atoms in total. The van der Waals surface area contributed by atoms with Crippen LogP contribution in [0, 0.1) is 5.92 Å². The Balaban J connectivity index is 1.79. The minimum absolute atomic E-state index is 0.180. The number of anilines is 1. The smallest absolute Gasteiger partial charge is 0.262 e. The number of carbonyl (C=O) groups is 2. The number of halogens is 1. The Bertz CT molecular complexity index is 838. The lowest BCUT2D eigenvalue weighted by Gasteiger charge is -2.29. The highest BCUT2D eigenvalue weighted by atomic mass is 35.5.